The summed E-state index contributed by atoms with van der Waals surface area (Å²) < 4.78 is 5.54. The number of aryl methyl sites for hydroxylation is 1. The third kappa shape index (κ3) is 7.70. The van der Waals surface area contributed by atoms with E-state index in [4.69, 9.17) is 4.74 Å². The Bertz CT molecular complexity index is 917. The number of nitro groups is 1. The quantitative estimate of drug-likeness (QED) is 0.154. The Labute approximate surface area is 186 Å². The van der Waals surface area contributed by atoms with Crippen molar-refractivity contribution in [2.75, 3.05) is 0 Å². The minimum absolute atomic E-state index is 0.0938. The summed E-state index contributed by atoms with van der Waals surface area (Å²) in [6.07, 6.45) is 6.42. The molecule has 5 nitrogen and oxygen atoms in total. The van der Waals surface area contributed by atoms with Crippen LogP contribution in [0.2, 0.25) is 0 Å². The highest BCUT2D eigenvalue weighted by Gasteiger charge is 2.23. The van der Waals surface area contributed by atoms with E-state index in [9.17, 15) is 14.9 Å². The van der Waals surface area contributed by atoms with Crippen molar-refractivity contribution in [3.05, 3.63) is 112 Å². The molecule has 1 aliphatic carbocycles. The second kappa shape index (κ2) is 14.5. The van der Waals surface area contributed by atoms with Gasteiger partial charge in [-0.2, -0.15) is 0 Å². The molecule has 0 amide bonds. The molecule has 0 spiro atoms. The van der Waals surface area contributed by atoms with Gasteiger partial charge < -0.3 is 4.74 Å². The Hall–Kier alpha value is -3.47. The standard InChI is InChI=1S/C22H21NO4.2C2H6/c1-5-15(3)19(6-2)21(20-10-8-7-9-16(20)4)22(24)27-18-13-11-17(12-14-18)23(25)26;2*1-2/h5-11,13H,1-3,12,14H2,4H3;2*1-2H3/b21-19+;;. The molecule has 0 N–H and O–H groups in total. The van der Waals surface area contributed by atoms with Crippen molar-refractivity contribution >= 4 is 11.5 Å². The van der Waals surface area contributed by atoms with Crippen molar-refractivity contribution in [2.24, 2.45) is 0 Å². The molecule has 0 aromatic heterocycles. The van der Waals surface area contributed by atoms with Crippen LogP contribution in [0.3, 0.4) is 0 Å². The fraction of sp³-hybridized carbons (Fsp3) is 0.269. The van der Waals surface area contributed by atoms with Crippen molar-refractivity contribution in [1.82, 2.24) is 0 Å². The summed E-state index contributed by atoms with van der Waals surface area (Å²) in [5.41, 5.74) is 3.11. The molecule has 166 valence electrons. The van der Waals surface area contributed by atoms with Gasteiger partial charge in [0.1, 0.15) is 5.76 Å². The second-order valence-electron chi connectivity index (χ2n) is 5.97. The highest BCUT2D eigenvalue weighted by molar-refractivity contribution is 6.19. The first-order valence-electron chi connectivity index (χ1n) is 10.4. The van der Waals surface area contributed by atoms with Gasteiger partial charge in [0.15, 0.2) is 0 Å². The lowest BCUT2D eigenvalue weighted by Crippen LogP contribution is -2.12. The van der Waals surface area contributed by atoms with Gasteiger partial charge in [0.05, 0.1) is 10.5 Å². The number of esters is 1. The van der Waals surface area contributed by atoms with E-state index < -0.39 is 10.9 Å². The Kier molecular flexibility index (Phi) is 12.9. The average molecular weight is 424 g/mol. The van der Waals surface area contributed by atoms with E-state index in [0.717, 1.165) is 5.56 Å². The maximum absolute atomic E-state index is 13.0. The fourth-order valence-corrected chi connectivity index (χ4v) is 2.74. The van der Waals surface area contributed by atoms with Gasteiger partial charge in [-0.05, 0) is 35.3 Å². The summed E-state index contributed by atoms with van der Waals surface area (Å²) >= 11 is 0. The van der Waals surface area contributed by atoms with Gasteiger partial charge in [0, 0.05) is 18.9 Å². The minimum atomic E-state index is -0.564. The topological polar surface area (TPSA) is 69.4 Å². The Morgan fingerprint density at radius 1 is 1.06 bits per heavy atom. The highest BCUT2D eigenvalue weighted by atomic mass is 16.6. The average Bonchev–Trinajstić information content (AvgIpc) is 2.80. The number of benzene rings is 1. The van der Waals surface area contributed by atoms with Crippen LogP contribution in [0.5, 0.6) is 0 Å². The third-order valence-corrected chi connectivity index (χ3v) is 4.23. The summed E-state index contributed by atoms with van der Waals surface area (Å²) in [5, 5.41) is 10.8. The number of hydrogen-bond donors (Lipinski definition) is 0. The first-order chi connectivity index (χ1) is 14.9. The molecule has 1 aromatic rings. The summed E-state index contributed by atoms with van der Waals surface area (Å²) in [5.74, 6) is -0.185. The van der Waals surface area contributed by atoms with E-state index in [-0.39, 0.29) is 18.5 Å². The molecule has 0 unspecified atom stereocenters. The molecule has 0 saturated heterocycles. The van der Waals surface area contributed by atoms with Gasteiger partial charge in [-0.25, -0.2) is 4.79 Å². The van der Waals surface area contributed by atoms with Gasteiger partial charge in [-0.3, -0.25) is 10.1 Å². The zero-order valence-electron chi connectivity index (χ0n) is 19.2. The summed E-state index contributed by atoms with van der Waals surface area (Å²) in [6, 6.07) is 7.43. The third-order valence-electron chi connectivity index (χ3n) is 4.23. The monoisotopic (exact) mass is 423 g/mol. The van der Waals surface area contributed by atoms with E-state index in [0.29, 0.717) is 28.0 Å². The van der Waals surface area contributed by atoms with Crippen molar-refractivity contribution < 1.29 is 14.5 Å². The zero-order valence-corrected chi connectivity index (χ0v) is 19.2. The Morgan fingerprint density at radius 3 is 2.13 bits per heavy atom. The summed E-state index contributed by atoms with van der Waals surface area (Å²) in [7, 11) is 0. The Balaban J connectivity index is 0.00000212. The van der Waals surface area contributed by atoms with Gasteiger partial charge in [0.25, 0.3) is 0 Å². The van der Waals surface area contributed by atoms with E-state index in [1.165, 1.54) is 12.2 Å². The lowest BCUT2D eigenvalue weighted by Gasteiger charge is -2.17. The lowest BCUT2D eigenvalue weighted by molar-refractivity contribution is -0.428. The molecular formula is C26H33NO4. The molecule has 0 saturated carbocycles. The Morgan fingerprint density at radius 2 is 1.68 bits per heavy atom. The number of ether oxygens (including phenoxy) is 1. The second-order valence-corrected chi connectivity index (χ2v) is 5.97. The number of rotatable bonds is 7. The molecule has 1 aromatic carbocycles. The highest BCUT2D eigenvalue weighted by Crippen LogP contribution is 2.30. The number of carbonyl (C=O) groups excluding carboxylic acids is 1. The van der Waals surface area contributed by atoms with Crippen molar-refractivity contribution in [3.8, 4) is 0 Å². The van der Waals surface area contributed by atoms with Crippen LogP contribution < -0.4 is 0 Å². The number of carbonyl (C=O) groups is 1. The summed E-state index contributed by atoms with van der Waals surface area (Å²) in [6.45, 7) is 21.3. The van der Waals surface area contributed by atoms with Gasteiger partial charge in [-0.15, -0.1) is 0 Å². The van der Waals surface area contributed by atoms with Gasteiger partial charge in [0.2, 0.25) is 5.70 Å². The van der Waals surface area contributed by atoms with Crippen LogP contribution >= 0.6 is 0 Å². The predicted molar refractivity (Wildman–Crippen MR) is 129 cm³/mol. The molecule has 0 fully saturated rings. The molecule has 0 aliphatic heterocycles. The van der Waals surface area contributed by atoms with Crippen molar-refractivity contribution in [1.29, 1.82) is 0 Å². The van der Waals surface area contributed by atoms with Crippen molar-refractivity contribution in [3.63, 3.8) is 0 Å². The molecule has 0 atom stereocenters. The molecule has 0 radical (unpaired) electrons. The molecule has 0 bridgehead atoms. The predicted octanol–water partition coefficient (Wildman–Crippen LogP) is 7.11. The first-order valence-corrected chi connectivity index (χ1v) is 10.4. The van der Waals surface area contributed by atoms with Crippen LogP contribution in [0.1, 0.15) is 51.7 Å². The van der Waals surface area contributed by atoms with Crippen LogP contribution in [0.15, 0.2) is 90.9 Å². The molecule has 0 heterocycles. The smallest absolute Gasteiger partial charge is 0.344 e. The van der Waals surface area contributed by atoms with E-state index in [1.54, 1.807) is 12.2 Å². The van der Waals surface area contributed by atoms with E-state index >= 15 is 0 Å². The number of nitrogens with zero attached hydrogens (tertiary/aromatic N) is 1. The largest absolute Gasteiger partial charge is 0.427 e. The van der Waals surface area contributed by atoms with Crippen LogP contribution in [-0.4, -0.2) is 10.9 Å². The van der Waals surface area contributed by atoms with Crippen LogP contribution in [0.4, 0.5) is 0 Å². The van der Waals surface area contributed by atoms with Crippen LogP contribution in [0.25, 0.3) is 5.57 Å². The molecule has 31 heavy (non-hydrogen) atoms. The lowest BCUT2D eigenvalue weighted by atomic mass is 9.92. The normalized spacial score (nSPS) is 12.8. The van der Waals surface area contributed by atoms with Gasteiger partial charge in [-0.1, -0.05) is 83.8 Å². The fourth-order valence-electron chi connectivity index (χ4n) is 2.74. The zero-order chi connectivity index (χ0) is 24.0. The molecular weight excluding hydrogens is 390 g/mol. The van der Waals surface area contributed by atoms with E-state index in [1.807, 2.05) is 58.9 Å². The maximum atomic E-state index is 13.0. The van der Waals surface area contributed by atoms with Crippen LogP contribution in [-0.2, 0) is 9.53 Å². The molecule has 1 aliphatic rings. The van der Waals surface area contributed by atoms with Crippen LogP contribution in [0, 0.1) is 17.0 Å². The number of allylic oxidation sites excluding steroid dienone is 8. The molecule has 2 rings (SSSR count). The summed E-state index contributed by atoms with van der Waals surface area (Å²) in [4.78, 5) is 23.4. The first kappa shape index (κ1) is 27.5. The van der Waals surface area contributed by atoms with Crippen molar-refractivity contribution in [2.45, 2.75) is 47.5 Å². The SMILES string of the molecule is C=CC(=C)/C(C=C)=C(/C(=O)OC1=CC=C([N+](=O)[O-])CC1)c1ccccc1C.CC.CC. The maximum Gasteiger partial charge on any atom is 0.344 e. The minimum Gasteiger partial charge on any atom is -0.427 e. The van der Waals surface area contributed by atoms with E-state index in [2.05, 4.69) is 19.7 Å². The number of hydrogen-bond acceptors (Lipinski definition) is 4. The van der Waals surface area contributed by atoms with Gasteiger partial charge >= 0.3 is 5.97 Å². The molecule has 5 heteroatoms.